The molecule has 0 aliphatic carbocycles. The van der Waals surface area contributed by atoms with Gasteiger partial charge in [0.05, 0.1) is 10.8 Å². The molecule has 1 N–H and O–H groups in total. The monoisotopic (exact) mass is 351 g/mol. The molecule has 1 fully saturated rings. The number of carboxylic acids is 1. The Labute approximate surface area is 142 Å². The largest absolute Gasteiger partial charge is 0.481 e. The van der Waals surface area contributed by atoms with E-state index in [-0.39, 0.29) is 24.6 Å². The van der Waals surface area contributed by atoms with Crippen LogP contribution in [0.3, 0.4) is 0 Å². The number of aliphatic carboxylic acids is 1. The van der Waals surface area contributed by atoms with Crippen LogP contribution in [0.1, 0.15) is 26.2 Å². The van der Waals surface area contributed by atoms with Crippen LogP contribution in [0.15, 0.2) is 29.2 Å². The molecular weight excluding hydrogens is 330 g/mol. The molecule has 1 saturated heterocycles. The summed E-state index contributed by atoms with van der Waals surface area (Å²) in [5.41, 5.74) is 0. The fourth-order valence-corrected chi connectivity index (χ4v) is 3.97. The molecular formula is C17H21NO5S. The minimum atomic E-state index is -3.60. The van der Waals surface area contributed by atoms with Gasteiger partial charge in [-0.1, -0.05) is 12.8 Å². The molecule has 1 aliphatic heterocycles. The molecule has 24 heavy (non-hydrogen) atoms. The first-order valence-corrected chi connectivity index (χ1v) is 9.30. The number of sulfonamides is 1. The Morgan fingerprint density at radius 3 is 2.42 bits per heavy atom. The van der Waals surface area contributed by atoms with Gasteiger partial charge in [0, 0.05) is 19.5 Å². The maximum Gasteiger partial charge on any atom is 0.306 e. The van der Waals surface area contributed by atoms with Gasteiger partial charge in [-0.05, 0) is 37.1 Å². The van der Waals surface area contributed by atoms with E-state index in [0.717, 1.165) is 6.42 Å². The highest BCUT2D eigenvalue weighted by molar-refractivity contribution is 7.89. The molecule has 0 radical (unpaired) electrons. The van der Waals surface area contributed by atoms with Gasteiger partial charge in [0.25, 0.3) is 0 Å². The van der Waals surface area contributed by atoms with Crippen molar-refractivity contribution in [2.45, 2.75) is 31.1 Å². The second-order valence-electron chi connectivity index (χ2n) is 5.48. The first-order chi connectivity index (χ1) is 11.4. The van der Waals surface area contributed by atoms with Crippen LogP contribution in [0.4, 0.5) is 0 Å². The molecule has 1 aromatic carbocycles. The van der Waals surface area contributed by atoms with E-state index in [4.69, 9.17) is 9.84 Å². The average Bonchev–Trinajstić information content (AvgIpc) is 2.59. The van der Waals surface area contributed by atoms with E-state index in [1.54, 1.807) is 12.1 Å². The SMILES string of the molecule is CCC#CCOc1ccc(S(=O)(=O)N2CCC(C(=O)O)CC2)cc1. The number of rotatable bonds is 5. The summed E-state index contributed by atoms with van der Waals surface area (Å²) in [6.45, 7) is 2.67. The highest BCUT2D eigenvalue weighted by Gasteiger charge is 2.31. The number of piperidine rings is 1. The zero-order valence-electron chi connectivity index (χ0n) is 13.6. The molecule has 0 amide bonds. The molecule has 7 heteroatoms. The van der Waals surface area contributed by atoms with Gasteiger partial charge in [0.2, 0.25) is 10.0 Å². The molecule has 6 nitrogen and oxygen atoms in total. The maximum atomic E-state index is 12.6. The van der Waals surface area contributed by atoms with Crippen LogP contribution in [0.2, 0.25) is 0 Å². The van der Waals surface area contributed by atoms with Crippen molar-refractivity contribution < 1.29 is 23.1 Å². The van der Waals surface area contributed by atoms with Crippen LogP contribution in [0.25, 0.3) is 0 Å². The molecule has 1 heterocycles. The van der Waals surface area contributed by atoms with E-state index in [0.29, 0.717) is 18.6 Å². The topological polar surface area (TPSA) is 83.9 Å². The third-order valence-electron chi connectivity index (χ3n) is 3.88. The van der Waals surface area contributed by atoms with Crippen molar-refractivity contribution in [3.63, 3.8) is 0 Å². The molecule has 0 bridgehead atoms. The van der Waals surface area contributed by atoms with Gasteiger partial charge in [0.1, 0.15) is 12.4 Å². The highest BCUT2D eigenvalue weighted by atomic mass is 32.2. The van der Waals surface area contributed by atoms with E-state index >= 15 is 0 Å². The molecule has 1 aliphatic rings. The van der Waals surface area contributed by atoms with Crippen LogP contribution in [-0.4, -0.2) is 43.5 Å². The first kappa shape index (κ1) is 18.3. The van der Waals surface area contributed by atoms with E-state index in [1.165, 1.54) is 16.4 Å². The van der Waals surface area contributed by atoms with Crippen molar-refractivity contribution in [2.75, 3.05) is 19.7 Å². The van der Waals surface area contributed by atoms with Gasteiger partial charge in [0.15, 0.2) is 0 Å². The Morgan fingerprint density at radius 1 is 1.25 bits per heavy atom. The quantitative estimate of drug-likeness (QED) is 0.820. The van der Waals surface area contributed by atoms with Gasteiger partial charge >= 0.3 is 5.97 Å². The Balaban J connectivity index is 2.01. The minimum absolute atomic E-state index is 0.184. The normalized spacial score (nSPS) is 16.2. The van der Waals surface area contributed by atoms with E-state index in [1.807, 2.05) is 6.92 Å². The number of carbonyl (C=O) groups is 1. The zero-order valence-corrected chi connectivity index (χ0v) is 14.4. The third kappa shape index (κ3) is 4.49. The zero-order chi connectivity index (χ0) is 17.6. The predicted molar refractivity (Wildman–Crippen MR) is 89.1 cm³/mol. The molecule has 0 aromatic heterocycles. The molecule has 1 aromatic rings. The molecule has 0 spiro atoms. The lowest BCUT2D eigenvalue weighted by atomic mass is 9.99. The second-order valence-corrected chi connectivity index (χ2v) is 7.42. The number of nitrogens with zero attached hydrogens (tertiary/aromatic N) is 1. The lowest BCUT2D eigenvalue weighted by Crippen LogP contribution is -2.40. The Morgan fingerprint density at radius 2 is 1.88 bits per heavy atom. The first-order valence-electron chi connectivity index (χ1n) is 7.86. The minimum Gasteiger partial charge on any atom is -0.481 e. The van der Waals surface area contributed by atoms with Crippen LogP contribution in [-0.2, 0) is 14.8 Å². The summed E-state index contributed by atoms with van der Waals surface area (Å²) in [6.07, 6.45) is 1.44. The van der Waals surface area contributed by atoms with Crippen molar-refractivity contribution in [1.82, 2.24) is 4.31 Å². The van der Waals surface area contributed by atoms with Crippen molar-refractivity contribution in [3.8, 4) is 17.6 Å². The lowest BCUT2D eigenvalue weighted by molar-refractivity contribution is -0.142. The van der Waals surface area contributed by atoms with Crippen molar-refractivity contribution >= 4 is 16.0 Å². The number of hydrogen-bond donors (Lipinski definition) is 1. The van der Waals surface area contributed by atoms with Gasteiger partial charge in [-0.25, -0.2) is 8.42 Å². The fourth-order valence-electron chi connectivity index (χ4n) is 2.50. The Hall–Kier alpha value is -2.04. The summed E-state index contributed by atoms with van der Waals surface area (Å²) in [4.78, 5) is 11.1. The van der Waals surface area contributed by atoms with Gasteiger partial charge in [-0.2, -0.15) is 4.31 Å². The summed E-state index contributed by atoms with van der Waals surface area (Å²) >= 11 is 0. The second kappa shape index (κ2) is 8.18. The van der Waals surface area contributed by atoms with Crippen molar-refractivity contribution in [3.05, 3.63) is 24.3 Å². The number of benzene rings is 1. The number of carboxylic acid groups (broad SMARTS) is 1. The van der Waals surface area contributed by atoms with Crippen LogP contribution in [0, 0.1) is 17.8 Å². The molecule has 0 saturated carbocycles. The maximum absolute atomic E-state index is 12.6. The van der Waals surface area contributed by atoms with E-state index in [9.17, 15) is 13.2 Å². The van der Waals surface area contributed by atoms with Gasteiger partial charge in [-0.15, -0.1) is 5.92 Å². The number of hydrogen-bond acceptors (Lipinski definition) is 4. The van der Waals surface area contributed by atoms with Crippen LogP contribution in [0.5, 0.6) is 5.75 Å². The van der Waals surface area contributed by atoms with E-state index in [2.05, 4.69) is 11.8 Å². The predicted octanol–water partition coefficient (Wildman–Crippen LogP) is 1.96. The molecule has 130 valence electrons. The summed E-state index contributed by atoms with van der Waals surface area (Å²) in [7, 11) is -3.60. The fraction of sp³-hybridized carbons (Fsp3) is 0.471. The number of ether oxygens (including phenoxy) is 1. The van der Waals surface area contributed by atoms with Crippen LogP contribution < -0.4 is 4.74 Å². The molecule has 2 rings (SSSR count). The average molecular weight is 351 g/mol. The molecule has 0 atom stereocenters. The Bertz CT molecular complexity index is 722. The smallest absolute Gasteiger partial charge is 0.306 e. The molecule has 0 unspecified atom stereocenters. The van der Waals surface area contributed by atoms with Gasteiger partial charge < -0.3 is 9.84 Å². The summed E-state index contributed by atoms with van der Waals surface area (Å²) in [6, 6.07) is 6.21. The Kier molecular flexibility index (Phi) is 6.23. The van der Waals surface area contributed by atoms with Crippen molar-refractivity contribution in [1.29, 1.82) is 0 Å². The van der Waals surface area contributed by atoms with E-state index < -0.39 is 21.9 Å². The van der Waals surface area contributed by atoms with Crippen molar-refractivity contribution in [2.24, 2.45) is 5.92 Å². The summed E-state index contributed by atoms with van der Waals surface area (Å²) in [5.74, 6) is 4.97. The van der Waals surface area contributed by atoms with Crippen LogP contribution >= 0.6 is 0 Å². The third-order valence-corrected chi connectivity index (χ3v) is 5.79. The highest BCUT2D eigenvalue weighted by Crippen LogP contribution is 2.25. The van der Waals surface area contributed by atoms with Gasteiger partial charge in [-0.3, -0.25) is 4.79 Å². The standard InChI is InChI=1S/C17H21NO5S/c1-2-3-4-13-23-15-5-7-16(8-6-15)24(21,22)18-11-9-14(10-12-18)17(19)20/h5-8,14H,2,9-13H2,1H3,(H,19,20). The lowest BCUT2D eigenvalue weighted by Gasteiger charge is -2.29. The summed E-state index contributed by atoms with van der Waals surface area (Å²) in [5, 5.41) is 8.99. The summed E-state index contributed by atoms with van der Waals surface area (Å²) < 4.78 is 31.9.